The van der Waals surface area contributed by atoms with Crippen LogP contribution in [-0.4, -0.2) is 54.5 Å². The van der Waals surface area contributed by atoms with Crippen molar-refractivity contribution >= 4 is 5.69 Å². The van der Waals surface area contributed by atoms with Crippen molar-refractivity contribution in [3.63, 3.8) is 0 Å². The van der Waals surface area contributed by atoms with Crippen molar-refractivity contribution in [2.75, 3.05) is 32.2 Å². The Kier molecular flexibility index (Phi) is 6.32. The lowest BCUT2D eigenvalue weighted by molar-refractivity contribution is -0.208. The Balaban J connectivity index is 1.47. The molecule has 4 aliphatic carbocycles. The third-order valence-corrected chi connectivity index (χ3v) is 10.8. The van der Waals surface area contributed by atoms with Gasteiger partial charge in [0.25, 0.3) is 0 Å². The van der Waals surface area contributed by atoms with Crippen molar-refractivity contribution in [1.29, 1.82) is 0 Å². The Bertz CT molecular complexity index is 1170. The van der Waals surface area contributed by atoms with E-state index in [0.29, 0.717) is 31.5 Å². The molecule has 0 radical (unpaired) electrons. The van der Waals surface area contributed by atoms with Crippen LogP contribution in [0, 0.1) is 35.0 Å². The molecule has 5 aliphatic rings. The highest BCUT2D eigenvalue weighted by Gasteiger charge is 2.64. The summed E-state index contributed by atoms with van der Waals surface area (Å²) in [4.78, 5) is 2.13. The van der Waals surface area contributed by atoms with E-state index < -0.39 is 17.0 Å². The van der Waals surface area contributed by atoms with Gasteiger partial charge in [0.1, 0.15) is 5.60 Å². The average molecular weight is 520 g/mol. The molecule has 6 atom stereocenters. The molecule has 1 aliphatic heterocycles. The van der Waals surface area contributed by atoms with Gasteiger partial charge >= 0.3 is 0 Å². The van der Waals surface area contributed by atoms with E-state index in [9.17, 15) is 10.2 Å². The van der Waals surface area contributed by atoms with Gasteiger partial charge in [0.2, 0.25) is 0 Å². The molecular weight excluding hydrogens is 474 g/mol. The van der Waals surface area contributed by atoms with E-state index in [2.05, 4.69) is 75.9 Å². The maximum Gasteiger partial charge on any atom is 0.171 e. The van der Waals surface area contributed by atoms with Crippen molar-refractivity contribution in [1.82, 2.24) is 0 Å². The summed E-state index contributed by atoms with van der Waals surface area (Å²) >= 11 is 0. The second-order valence-electron chi connectivity index (χ2n) is 13.5. The van der Waals surface area contributed by atoms with Gasteiger partial charge in [-0.15, -0.1) is 0 Å². The number of nitrogens with zero attached hydrogens (tertiary/aromatic N) is 1. The number of aliphatic hydroxyl groups is 2. The summed E-state index contributed by atoms with van der Waals surface area (Å²) in [6, 6.07) is 8.94. The van der Waals surface area contributed by atoms with Gasteiger partial charge < -0.3 is 24.6 Å². The smallest absolute Gasteiger partial charge is 0.171 e. The molecule has 5 nitrogen and oxygen atoms in total. The average Bonchev–Trinajstić information content (AvgIpc) is 3.43. The van der Waals surface area contributed by atoms with Crippen LogP contribution in [0.4, 0.5) is 5.69 Å². The summed E-state index contributed by atoms with van der Waals surface area (Å²) in [5.41, 5.74) is 3.01. The third kappa shape index (κ3) is 3.98. The van der Waals surface area contributed by atoms with Gasteiger partial charge in [0.15, 0.2) is 5.79 Å². The van der Waals surface area contributed by atoms with E-state index in [1.165, 1.54) is 22.4 Å². The summed E-state index contributed by atoms with van der Waals surface area (Å²) in [7, 11) is 4.14. The van der Waals surface area contributed by atoms with Crippen molar-refractivity contribution in [2.45, 2.75) is 95.0 Å². The fraction of sp³-hybridized carbons (Fsp3) is 0.697. The number of hydrogen-bond donors (Lipinski definition) is 2. The van der Waals surface area contributed by atoms with Crippen LogP contribution >= 0.6 is 0 Å². The Hall–Kier alpha value is -1.84. The number of rotatable bonds is 2. The molecular formula is C33H45NO4. The molecule has 2 unspecified atom stereocenters. The zero-order chi connectivity index (χ0) is 26.9. The van der Waals surface area contributed by atoms with Crippen LogP contribution in [-0.2, 0) is 9.47 Å². The van der Waals surface area contributed by atoms with E-state index in [4.69, 9.17) is 9.47 Å². The molecule has 1 aromatic rings. The summed E-state index contributed by atoms with van der Waals surface area (Å²) < 4.78 is 12.2. The van der Waals surface area contributed by atoms with Gasteiger partial charge in [-0.2, -0.15) is 0 Å². The molecule has 1 saturated heterocycles. The molecule has 2 N–H and O–H groups in total. The molecule has 3 saturated carbocycles. The largest absolute Gasteiger partial charge is 0.385 e. The summed E-state index contributed by atoms with van der Waals surface area (Å²) in [5, 5.41) is 24.3. The highest BCUT2D eigenvalue weighted by Crippen LogP contribution is 2.67. The van der Waals surface area contributed by atoms with Gasteiger partial charge in [0, 0.05) is 49.9 Å². The summed E-state index contributed by atoms with van der Waals surface area (Å²) in [5.74, 6) is 7.20. The van der Waals surface area contributed by atoms with Crippen LogP contribution in [0.3, 0.4) is 0 Å². The number of fused-ring (bicyclic) bond motifs is 4. The minimum Gasteiger partial charge on any atom is -0.385 e. The first-order chi connectivity index (χ1) is 18.0. The fourth-order valence-corrected chi connectivity index (χ4v) is 8.79. The van der Waals surface area contributed by atoms with Crippen LogP contribution < -0.4 is 4.90 Å². The van der Waals surface area contributed by atoms with Gasteiger partial charge in [0.05, 0.1) is 18.8 Å². The van der Waals surface area contributed by atoms with Gasteiger partial charge in [-0.1, -0.05) is 50.3 Å². The van der Waals surface area contributed by atoms with Crippen LogP contribution in [0.25, 0.3) is 0 Å². The van der Waals surface area contributed by atoms with Crippen LogP contribution in [0.2, 0.25) is 0 Å². The highest BCUT2D eigenvalue weighted by molar-refractivity contribution is 5.50. The van der Waals surface area contributed by atoms with E-state index in [-0.39, 0.29) is 17.3 Å². The Morgan fingerprint density at radius 1 is 1.00 bits per heavy atom. The lowest BCUT2D eigenvalue weighted by Crippen LogP contribution is -2.55. The Labute approximate surface area is 228 Å². The number of ether oxygens (including phenoxy) is 2. The lowest BCUT2D eigenvalue weighted by Gasteiger charge is -2.57. The highest BCUT2D eigenvalue weighted by atomic mass is 16.7. The number of anilines is 1. The van der Waals surface area contributed by atoms with Crippen LogP contribution in [0.15, 0.2) is 35.4 Å². The van der Waals surface area contributed by atoms with E-state index in [0.717, 1.165) is 44.9 Å². The van der Waals surface area contributed by atoms with Gasteiger partial charge in [-0.25, -0.2) is 0 Å². The predicted octanol–water partition coefficient (Wildman–Crippen LogP) is 5.41. The first-order valence-electron chi connectivity index (χ1n) is 14.8. The fourth-order valence-electron chi connectivity index (χ4n) is 8.79. The van der Waals surface area contributed by atoms with Crippen molar-refractivity contribution in [3.8, 4) is 11.8 Å². The molecule has 1 aromatic carbocycles. The maximum atomic E-state index is 12.2. The van der Waals surface area contributed by atoms with Gasteiger partial charge in [-0.05, 0) is 73.6 Å². The first kappa shape index (κ1) is 26.4. The standard InChI is InChI=1S/C33H45NO4/c1-22(2)10-15-32(36)16-12-27-25-11-14-31(35)21-33(37-18-19-38-33)17-13-28(31)29(25)26(20-30(27,32)3)23-6-8-24(9-7-23)34(4)5/h6-9,22,25-27,35-36H,11-14,16-21H2,1-5H3/t25?,26-,27?,30+,31-,32+/m1/s1. The number of hydrogen-bond acceptors (Lipinski definition) is 5. The molecule has 4 fully saturated rings. The molecule has 1 heterocycles. The SMILES string of the molecule is CC(C)C#C[C@]1(O)CCC2C3CC[C@@]4(O)CC5(CCC4=C3[C@@H](c3ccc(N(C)C)cc3)C[C@@]21C)OCCO5. The minimum atomic E-state index is -0.976. The zero-order valence-corrected chi connectivity index (χ0v) is 23.8. The monoisotopic (exact) mass is 519 g/mol. The number of allylic oxidation sites excluding steroid dienone is 1. The summed E-state index contributed by atoms with van der Waals surface area (Å²) in [6.45, 7) is 7.72. The topological polar surface area (TPSA) is 62.2 Å². The summed E-state index contributed by atoms with van der Waals surface area (Å²) in [6.07, 6.45) is 6.39. The van der Waals surface area contributed by atoms with E-state index in [1.807, 2.05) is 0 Å². The third-order valence-electron chi connectivity index (χ3n) is 10.8. The molecule has 38 heavy (non-hydrogen) atoms. The van der Waals surface area contributed by atoms with Crippen LogP contribution in [0.1, 0.15) is 83.6 Å². The van der Waals surface area contributed by atoms with Crippen molar-refractivity contribution in [3.05, 3.63) is 41.0 Å². The van der Waals surface area contributed by atoms with E-state index >= 15 is 0 Å². The Morgan fingerprint density at radius 3 is 2.37 bits per heavy atom. The molecule has 0 amide bonds. The second-order valence-corrected chi connectivity index (χ2v) is 13.5. The number of benzene rings is 1. The van der Waals surface area contributed by atoms with E-state index in [1.54, 1.807) is 0 Å². The molecule has 206 valence electrons. The second kappa shape index (κ2) is 9.10. The molecule has 0 aromatic heterocycles. The van der Waals surface area contributed by atoms with Crippen molar-refractivity contribution < 1.29 is 19.7 Å². The maximum absolute atomic E-state index is 12.2. The van der Waals surface area contributed by atoms with Gasteiger partial charge in [-0.3, -0.25) is 0 Å². The quantitative estimate of drug-likeness (QED) is 0.404. The molecule has 6 rings (SSSR count). The first-order valence-corrected chi connectivity index (χ1v) is 14.8. The predicted molar refractivity (Wildman–Crippen MR) is 150 cm³/mol. The zero-order valence-electron chi connectivity index (χ0n) is 23.8. The molecule has 1 spiro atoms. The minimum absolute atomic E-state index is 0.157. The Morgan fingerprint density at radius 2 is 1.71 bits per heavy atom. The molecule has 5 heteroatoms. The molecule has 0 bridgehead atoms. The van der Waals surface area contributed by atoms with Crippen molar-refractivity contribution in [2.24, 2.45) is 23.2 Å². The van der Waals surface area contributed by atoms with Crippen LogP contribution in [0.5, 0.6) is 0 Å². The normalized spacial score (nSPS) is 39.4. The lowest BCUT2D eigenvalue weighted by atomic mass is 9.49.